The van der Waals surface area contributed by atoms with Gasteiger partial charge in [-0.1, -0.05) is 0 Å². The smallest absolute Gasteiger partial charge is 0.142 e. The Hall–Kier alpha value is -0.610. The van der Waals surface area contributed by atoms with Gasteiger partial charge >= 0.3 is 0 Å². The van der Waals surface area contributed by atoms with Gasteiger partial charge in [-0.25, -0.2) is 4.98 Å². The lowest BCUT2D eigenvalue weighted by Crippen LogP contribution is -2.36. The number of hydrogen-bond donors (Lipinski definition) is 1. The number of pyridine rings is 1. The van der Waals surface area contributed by atoms with Crippen LogP contribution < -0.4 is 4.90 Å². The highest BCUT2D eigenvalue weighted by molar-refractivity contribution is 9.10. The quantitative estimate of drug-likeness (QED) is 0.918. The number of halogens is 1. The van der Waals surface area contributed by atoms with Crippen LogP contribution in [0.4, 0.5) is 5.82 Å². The van der Waals surface area contributed by atoms with Crippen LogP contribution in [0.2, 0.25) is 0 Å². The van der Waals surface area contributed by atoms with Crippen molar-refractivity contribution in [3.8, 4) is 0 Å². The Balaban J connectivity index is 2.92. The first kappa shape index (κ1) is 12.5. The minimum absolute atomic E-state index is 0.544. The predicted octanol–water partition coefficient (Wildman–Crippen LogP) is 2.36. The molecule has 0 unspecified atom stereocenters. The highest BCUT2D eigenvalue weighted by Crippen LogP contribution is 2.26. The molecule has 0 aliphatic rings. The first-order valence-corrected chi connectivity index (χ1v) is 5.65. The predicted molar refractivity (Wildman–Crippen MR) is 66.2 cm³/mol. The third-order valence-electron chi connectivity index (χ3n) is 2.05. The van der Waals surface area contributed by atoms with E-state index in [1.807, 2.05) is 24.9 Å². The SMILES string of the molecule is Cc1ccnc(N(C)CC(C)(C)O)c1Br. The maximum atomic E-state index is 9.72. The molecule has 0 bridgehead atoms. The van der Waals surface area contributed by atoms with Crippen LogP contribution in [-0.4, -0.2) is 29.3 Å². The number of nitrogens with zero attached hydrogens (tertiary/aromatic N) is 2. The number of likely N-dealkylation sites (N-methyl/N-ethyl adjacent to an activating group) is 1. The van der Waals surface area contributed by atoms with Gasteiger partial charge in [0.2, 0.25) is 0 Å². The summed E-state index contributed by atoms with van der Waals surface area (Å²) in [4.78, 5) is 6.23. The summed E-state index contributed by atoms with van der Waals surface area (Å²) in [5.74, 6) is 0.858. The van der Waals surface area contributed by atoms with Crippen molar-refractivity contribution >= 4 is 21.7 Å². The molecule has 15 heavy (non-hydrogen) atoms. The summed E-state index contributed by atoms with van der Waals surface area (Å²) < 4.78 is 0.983. The Bertz CT molecular complexity index is 347. The number of aryl methyl sites for hydroxylation is 1. The van der Waals surface area contributed by atoms with E-state index in [2.05, 4.69) is 20.9 Å². The molecule has 4 heteroatoms. The van der Waals surface area contributed by atoms with Crippen molar-refractivity contribution < 1.29 is 5.11 Å². The average Bonchev–Trinajstić information content (AvgIpc) is 2.06. The van der Waals surface area contributed by atoms with E-state index in [9.17, 15) is 5.11 Å². The van der Waals surface area contributed by atoms with Gasteiger partial charge in [0.05, 0.1) is 10.1 Å². The van der Waals surface area contributed by atoms with E-state index in [0.717, 1.165) is 15.9 Å². The molecule has 1 aromatic heterocycles. The Kier molecular flexibility index (Phi) is 3.73. The summed E-state index contributed by atoms with van der Waals surface area (Å²) in [6.45, 7) is 6.13. The second-order valence-electron chi connectivity index (χ2n) is 4.43. The van der Waals surface area contributed by atoms with Gasteiger partial charge in [0.25, 0.3) is 0 Å². The molecule has 3 nitrogen and oxygen atoms in total. The fourth-order valence-electron chi connectivity index (χ4n) is 1.45. The van der Waals surface area contributed by atoms with Crippen molar-refractivity contribution in [3.63, 3.8) is 0 Å². The summed E-state index contributed by atoms with van der Waals surface area (Å²) in [5, 5.41) is 9.72. The highest BCUT2D eigenvalue weighted by atomic mass is 79.9. The Morgan fingerprint density at radius 3 is 2.67 bits per heavy atom. The van der Waals surface area contributed by atoms with Crippen molar-refractivity contribution in [2.24, 2.45) is 0 Å². The van der Waals surface area contributed by atoms with Gasteiger partial charge < -0.3 is 10.0 Å². The molecule has 0 amide bonds. The molecular weight excluding hydrogens is 256 g/mol. The van der Waals surface area contributed by atoms with Crippen molar-refractivity contribution in [2.45, 2.75) is 26.4 Å². The van der Waals surface area contributed by atoms with E-state index >= 15 is 0 Å². The molecule has 0 radical (unpaired) electrons. The zero-order chi connectivity index (χ0) is 11.6. The van der Waals surface area contributed by atoms with Crippen molar-refractivity contribution in [1.29, 1.82) is 0 Å². The molecule has 1 aromatic rings. The van der Waals surface area contributed by atoms with E-state index in [4.69, 9.17) is 0 Å². The largest absolute Gasteiger partial charge is 0.389 e. The number of rotatable bonds is 3. The Morgan fingerprint density at radius 1 is 1.53 bits per heavy atom. The Morgan fingerprint density at radius 2 is 2.13 bits per heavy atom. The fraction of sp³-hybridized carbons (Fsp3) is 0.545. The summed E-state index contributed by atoms with van der Waals surface area (Å²) in [6.07, 6.45) is 1.77. The van der Waals surface area contributed by atoms with Crippen LogP contribution in [0.5, 0.6) is 0 Å². The maximum absolute atomic E-state index is 9.72. The van der Waals surface area contributed by atoms with Crippen LogP contribution in [0.15, 0.2) is 16.7 Å². The monoisotopic (exact) mass is 272 g/mol. The standard InChI is InChI=1S/C11H17BrN2O/c1-8-5-6-13-10(9(8)12)14(4)7-11(2,3)15/h5-6,15H,7H2,1-4H3. The first-order chi connectivity index (χ1) is 6.81. The number of aliphatic hydroxyl groups is 1. The van der Waals surface area contributed by atoms with Crippen LogP contribution >= 0.6 is 15.9 Å². The highest BCUT2D eigenvalue weighted by Gasteiger charge is 2.18. The van der Waals surface area contributed by atoms with Gasteiger partial charge in [-0.3, -0.25) is 0 Å². The zero-order valence-corrected chi connectivity index (χ0v) is 11.2. The lowest BCUT2D eigenvalue weighted by atomic mass is 10.1. The van der Waals surface area contributed by atoms with Gasteiger partial charge in [0.15, 0.2) is 0 Å². The lowest BCUT2D eigenvalue weighted by molar-refractivity contribution is 0.0884. The van der Waals surface area contributed by atoms with E-state index in [1.165, 1.54) is 0 Å². The lowest BCUT2D eigenvalue weighted by Gasteiger charge is -2.27. The number of hydrogen-bond acceptors (Lipinski definition) is 3. The number of aromatic nitrogens is 1. The van der Waals surface area contributed by atoms with Gasteiger partial charge in [-0.15, -0.1) is 0 Å². The fourth-order valence-corrected chi connectivity index (χ4v) is 1.98. The van der Waals surface area contributed by atoms with Crippen LogP contribution in [0.3, 0.4) is 0 Å². The van der Waals surface area contributed by atoms with Gasteiger partial charge in [0.1, 0.15) is 5.82 Å². The first-order valence-electron chi connectivity index (χ1n) is 4.86. The van der Waals surface area contributed by atoms with Crippen LogP contribution in [-0.2, 0) is 0 Å². The minimum Gasteiger partial charge on any atom is -0.389 e. The minimum atomic E-state index is -0.723. The van der Waals surface area contributed by atoms with Crippen LogP contribution in [0, 0.1) is 6.92 Å². The summed E-state index contributed by atoms with van der Waals surface area (Å²) in [5.41, 5.74) is 0.419. The molecule has 1 rings (SSSR count). The Labute approximate surface area is 99.3 Å². The van der Waals surface area contributed by atoms with E-state index in [-0.39, 0.29) is 0 Å². The summed E-state index contributed by atoms with van der Waals surface area (Å²) in [6, 6.07) is 1.95. The molecular formula is C11H17BrN2O. The van der Waals surface area contributed by atoms with Gasteiger partial charge in [0, 0.05) is 19.8 Å². The van der Waals surface area contributed by atoms with E-state index in [1.54, 1.807) is 20.0 Å². The number of anilines is 1. The molecule has 0 aromatic carbocycles. The van der Waals surface area contributed by atoms with E-state index < -0.39 is 5.60 Å². The zero-order valence-electron chi connectivity index (χ0n) is 9.58. The molecule has 1 N–H and O–H groups in total. The molecule has 0 atom stereocenters. The second-order valence-corrected chi connectivity index (χ2v) is 5.23. The maximum Gasteiger partial charge on any atom is 0.142 e. The van der Waals surface area contributed by atoms with Gasteiger partial charge in [-0.2, -0.15) is 0 Å². The molecule has 0 fully saturated rings. The normalized spacial score (nSPS) is 11.6. The average molecular weight is 273 g/mol. The summed E-state index contributed by atoms with van der Waals surface area (Å²) >= 11 is 3.50. The molecule has 0 saturated heterocycles. The van der Waals surface area contributed by atoms with E-state index in [0.29, 0.717) is 6.54 Å². The van der Waals surface area contributed by atoms with Crippen molar-refractivity contribution in [2.75, 3.05) is 18.5 Å². The topological polar surface area (TPSA) is 36.4 Å². The van der Waals surface area contributed by atoms with Crippen molar-refractivity contribution in [1.82, 2.24) is 4.98 Å². The van der Waals surface area contributed by atoms with Crippen LogP contribution in [0.25, 0.3) is 0 Å². The second kappa shape index (κ2) is 4.49. The molecule has 0 saturated carbocycles. The van der Waals surface area contributed by atoms with Gasteiger partial charge in [-0.05, 0) is 48.3 Å². The van der Waals surface area contributed by atoms with Crippen LogP contribution in [0.1, 0.15) is 19.4 Å². The summed E-state index contributed by atoms with van der Waals surface area (Å²) in [7, 11) is 1.92. The molecule has 1 heterocycles. The molecule has 84 valence electrons. The molecule has 0 aliphatic heterocycles. The third kappa shape index (κ3) is 3.47. The molecule has 0 aliphatic carbocycles. The molecule has 0 spiro atoms. The third-order valence-corrected chi connectivity index (χ3v) is 3.03. The van der Waals surface area contributed by atoms with Crippen molar-refractivity contribution in [3.05, 3.63) is 22.3 Å².